The lowest BCUT2D eigenvalue weighted by molar-refractivity contribution is -0.131. The van der Waals surface area contributed by atoms with Gasteiger partial charge in [0.05, 0.1) is 5.56 Å². The molecule has 7 nitrogen and oxygen atoms in total. The molecule has 1 heterocycles. The number of fused-ring (bicyclic) bond motifs is 1. The molecule has 34 heavy (non-hydrogen) atoms. The number of likely N-dealkylation sites (N-methyl/N-ethyl adjacent to an activating group) is 1. The second-order valence-corrected chi connectivity index (χ2v) is 7.82. The number of nitrogens with one attached hydrogen (secondary N) is 2. The molecule has 0 aliphatic carbocycles. The highest BCUT2D eigenvalue weighted by atomic mass is 19.1. The van der Waals surface area contributed by atoms with E-state index in [0.717, 1.165) is 23.0 Å². The number of hydrogen-bond acceptors (Lipinski definition) is 3. The van der Waals surface area contributed by atoms with Crippen LogP contribution in [0.4, 0.5) is 14.5 Å². The van der Waals surface area contributed by atoms with E-state index in [9.17, 15) is 23.2 Å². The molecule has 180 valence electrons. The van der Waals surface area contributed by atoms with Crippen LogP contribution in [0.1, 0.15) is 37.0 Å². The molecule has 0 unspecified atom stereocenters. The van der Waals surface area contributed by atoms with Gasteiger partial charge in [0, 0.05) is 54.9 Å². The number of carbonyl (C=O) groups excluding carboxylic acids is 3. The van der Waals surface area contributed by atoms with Crippen LogP contribution in [0.5, 0.6) is 0 Å². The zero-order valence-corrected chi connectivity index (χ0v) is 19.2. The third kappa shape index (κ3) is 6.18. The van der Waals surface area contributed by atoms with E-state index in [1.54, 1.807) is 11.0 Å². The number of aromatic nitrogens is 1. The van der Waals surface area contributed by atoms with Crippen molar-refractivity contribution in [1.29, 1.82) is 0 Å². The van der Waals surface area contributed by atoms with Gasteiger partial charge in [-0.05, 0) is 56.7 Å². The summed E-state index contributed by atoms with van der Waals surface area (Å²) in [6.07, 6.45) is 2.36. The van der Waals surface area contributed by atoms with Gasteiger partial charge >= 0.3 is 0 Å². The minimum absolute atomic E-state index is 0.0501. The average Bonchev–Trinajstić information content (AvgIpc) is 3.19. The first-order valence-electron chi connectivity index (χ1n) is 11.2. The van der Waals surface area contributed by atoms with E-state index < -0.39 is 17.5 Å². The first-order chi connectivity index (χ1) is 16.3. The molecular formula is C25H28F2N4O3. The number of hydrogen-bond donors (Lipinski definition) is 2. The van der Waals surface area contributed by atoms with Gasteiger partial charge in [0.2, 0.25) is 11.8 Å². The van der Waals surface area contributed by atoms with E-state index in [0.29, 0.717) is 31.3 Å². The van der Waals surface area contributed by atoms with Crippen LogP contribution >= 0.6 is 0 Å². The van der Waals surface area contributed by atoms with Crippen LogP contribution in [0.25, 0.3) is 10.9 Å². The first kappa shape index (κ1) is 24.9. The fourth-order valence-electron chi connectivity index (χ4n) is 3.68. The Hall–Kier alpha value is -3.75. The van der Waals surface area contributed by atoms with E-state index in [-0.39, 0.29) is 36.9 Å². The number of anilines is 1. The number of nitrogens with zero attached hydrogens (tertiary/aromatic N) is 2. The lowest BCUT2D eigenvalue weighted by Crippen LogP contribution is -2.33. The Kier molecular flexibility index (Phi) is 8.34. The summed E-state index contributed by atoms with van der Waals surface area (Å²) in [5.74, 6) is -2.52. The molecule has 0 aliphatic heterocycles. The summed E-state index contributed by atoms with van der Waals surface area (Å²) in [7, 11) is 0. The normalized spacial score (nSPS) is 10.8. The smallest absolute Gasteiger partial charge is 0.254 e. The molecule has 0 aliphatic rings. The van der Waals surface area contributed by atoms with Gasteiger partial charge in [-0.2, -0.15) is 0 Å². The molecule has 0 radical (unpaired) electrons. The Morgan fingerprint density at radius 1 is 1.00 bits per heavy atom. The highest BCUT2D eigenvalue weighted by Crippen LogP contribution is 2.21. The summed E-state index contributed by atoms with van der Waals surface area (Å²) in [4.78, 5) is 38.4. The summed E-state index contributed by atoms with van der Waals surface area (Å²) in [6.45, 7) is 5.65. The second kappa shape index (κ2) is 11.4. The van der Waals surface area contributed by atoms with Crippen LogP contribution in [0.15, 0.2) is 48.7 Å². The first-order valence-corrected chi connectivity index (χ1v) is 11.2. The number of amides is 3. The SMILES string of the molecule is CCN(CC)C(=O)Cn1ccc2cc(NC(=O)CCCNC(=O)c3ccc(F)cc3F)ccc21. The lowest BCUT2D eigenvalue weighted by Gasteiger charge is -2.19. The van der Waals surface area contributed by atoms with Crippen molar-refractivity contribution in [1.82, 2.24) is 14.8 Å². The zero-order chi connectivity index (χ0) is 24.7. The summed E-state index contributed by atoms with van der Waals surface area (Å²) >= 11 is 0. The Labute approximate surface area is 196 Å². The van der Waals surface area contributed by atoms with Gasteiger partial charge in [0.25, 0.3) is 5.91 Å². The maximum absolute atomic E-state index is 13.6. The van der Waals surface area contributed by atoms with E-state index >= 15 is 0 Å². The molecule has 1 aromatic heterocycles. The summed E-state index contributed by atoms with van der Waals surface area (Å²) in [6, 6.07) is 10.1. The summed E-state index contributed by atoms with van der Waals surface area (Å²) < 4.78 is 28.5. The Balaban J connectivity index is 1.49. The molecule has 0 atom stereocenters. The summed E-state index contributed by atoms with van der Waals surface area (Å²) in [5.41, 5.74) is 1.28. The van der Waals surface area contributed by atoms with Gasteiger partial charge in [0.1, 0.15) is 18.2 Å². The van der Waals surface area contributed by atoms with Crippen LogP contribution in [-0.2, 0) is 16.1 Å². The van der Waals surface area contributed by atoms with Crippen LogP contribution in [0, 0.1) is 11.6 Å². The van der Waals surface area contributed by atoms with Crippen LogP contribution in [-0.4, -0.2) is 46.8 Å². The lowest BCUT2D eigenvalue weighted by atomic mass is 10.2. The highest BCUT2D eigenvalue weighted by molar-refractivity contribution is 5.95. The third-order valence-corrected chi connectivity index (χ3v) is 5.52. The molecule has 3 amide bonds. The molecule has 9 heteroatoms. The maximum atomic E-state index is 13.6. The van der Waals surface area contributed by atoms with Crippen LogP contribution < -0.4 is 10.6 Å². The van der Waals surface area contributed by atoms with Crippen molar-refractivity contribution in [3.05, 3.63) is 65.9 Å². The van der Waals surface area contributed by atoms with Gasteiger partial charge in [-0.25, -0.2) is 8.78 Å². The maximum Gasteiger partial charge on any atom is 0.254 e. The Morgan fingerprint density at radius 3 is 2.47 bits per heavy atom. The highest BCUT2D eigenvalue weighted by Gasteiger charge is 2.14. The van der Waals surface area contributed by atoms with Gasteiger partial charge in [-0.15, -0.1) is 0 Å². The van der Waals surface area contributed by atoms with E-state index in [2.05, 4.69) is 10.6 Å². The molecule has 0 saturated carbocycles. The number of benzene rings is 2. The third-order valence-electron chi connectivity index (χ3n) is 5.52. The molecule has 0 bridgehead atoms. The molecule has 2 N–H and O–H groups in total. The standard InChI is InChI=1S/C25H28F2N4O3/c1-3-30(4-2)24(33)16-31-13-11-17-14-19(8-10-22(17)31)29-23(32)6-5-12-28-25(34)20-9-7-18(26)15-21(20)27/h7-11,13-15H,3-6,12,16H2,1-2H3,(H,28,34)(H,29,32). The minimum atomic E-state index is -0.933. The van der Waals surface area contributed by atoms with Crippen molar-refractivity contribution in [2.75, 3.05) is 25.0 Å². The molecule has 0 saturated heterocycles. The van der Waals surface area contributed by atoms with Crippen molar-refractivity contribution in [3.63, 3.8) is 0 Å². The van der Waals surface area contributed by atoms with Crippen molar-refractivity contribution < 1.29 is 23.2 Å². The Bertz CT molecular complexity index is 1190. The van der Waals surface area contributed by atoms with Crippen molar-refractivity contribution in [2.24, 2.45) is 0 Å². The van der Waals surface area contributed by atoms with Crippen LogP contribution in [0.2, 0.25) is 0 Å². The van der Waals surface area contributed by atoms with Gasteiger partial charge in [0.15, 0.2) is 0 Å². The van der Waals surface area contributed by atoms with Crippen molar-refractivity contribution in [2.45, 2.75) is 33.2 Å². The topological polar surface area (TPSA) is 83.4 Å². The molecule has 0 spiro atoms. The average molecular weight is 471 g/mol. The second-order valence-electron chi connectivity index (χ2n) is 7.82. The molecular weight excluding hydrogens is 442 g/mol. The summed E-state index contributed by atoms with van der Waals surface area (Å²) in [5, 5.41) is 6.24. The quantitative estimate of drug-likeness (QED) is 0.441. The minimum Gasteiger partial charge on any atom is -0.352 e. The number of halogens is 2. The van der Waals surface area contributed by atoms with Gasteiger partial charge in [-0.3, -0.25) is 14.4 Å². The van der Waals surface area contributed by atoms with E-state index in [4.69, 9.17) is 0 Å². The number of rotatable bonds is 10. The zero-order valence-electron chi connectivity index (χ0n) is 19.2. The van der Waals surface area contributed by atoms with Crippen molar-refractivity contribution in [3.8, 4) is 0 Å². The predicted octanol–water partition coefficient (Wildman–Crippen LogP) is 3.94. The molecule has 3 rings (SSSR count). The molecule has 2 aromatic carbocycles. The van der Waals surface area contributed by atoms with E-state index in [1.165, 1.54) is 0 Å². The van der Waals surface area contributed by atoms with E-state index in [1.807, 2.05) is 42.8 Å². The predicted molar refractivity (Wildman–Crippen MR) is 126 cm³/mol. The monoisotopic (exact) mass is 470 g/mol. The van der Waals surface area contributed by atoms with Gasteiger partial charge < -0.3 is 20.1 Å². The van der Waals surface area contributed by atoms with Gasteiger partial charge in [-0.1, -0.05) is 0 Å². The molecule has 0 fully saturated rings. The van der Waals surface area contributed by atoms with Crippen molar-refractivity contribution >= 4 is 34.3 Å². The largest absolute Gasteiger partial charge is 0.352 e. The number of carbonyl (C=O) groups is 3. The Morgan fingerprint density at radius 2 is 1.76 bits per heavy atom. The molecule has 3 aromatic rings. The van der Waals surface area contributed by atoms with Crippen LogP contribution in [0.3, 0.4) is 0 Å². The fraction of sp³-hybridized carbons (Fsp3) is 0.320. The fourth-order valence-corrected chi connectivity index (χ4v) is 3.68.